The minimum absolute atomic E-state index is 0.291. The van der Waals surface area contributed by atoms with Gasteiger partial charge in [-0.05, 0) is 50.9 Å². The second kappa shape index (κ2) is 6.77. The Kier molecular flexibility index (Phi) is 5.02. The third-order valence-corrected chi connectivity index (χ3v) is 3.58. The Morgan fingerprint density at radius 3 is 2.47 bits per heavy atom. The van der Waals surface area contributed by atoms with Gasteiger partial charge in [-0.3, -0.25) is 0 Å². The van der Waals surface area contributed by atoms with Crippen molar-refractivity contribution >= 4 is 0 Å². The molecule has 1 heterocycles. The SMILES string of the molecule is OC(CCCN1CCCCC1)c1ccccc1. The number of benzene rings is 1. The van der Waals surface area contributed by atoms with Crippen LogP contribution in [0.2, 0.25) is 0 Å². The molecule has 0 aromatic heterocycles. The molecule has 0 amide bonds. The largest absolute Gasteiger partial charge is 0.388 e. The fourth-order valence-electron chi connectivity index (χ4n) is 2.53. The van der Waals surface area contributed by atoms with Gasteiger partial charge in [-0.25, -0.2) is 0 Å². The Morgan fingerprint density at radius 2 is 1.76 bits per heavy atom. The van der Waals surface area contributed by atoms with Gasteiger partial charge in [-0.1, -0.05) is 36.8 Å². The van der Waals surface area contributed by atoms with Crippen molar-refractivity contribution in [2.24, 2.45) is 0 Å². The van der Waals surface area contributed by atoms with Gasteiger partial charge >= 0.3 is 0 Å². The van der Waals surface area contributed by atoms with E-state index < -0.39 is 0 Å². The first-order chi connectivity index (χ1) is 8.36. The Bertz CT molecular complexity index is 306. The Hall–Kier alpha value is -0.860. The Balaban J connectivity index is 1.67. The highest BCUT2D eigenvalue weighted by Crippen LogP contribution is 2.18. The van der Waals surface area contributed by atoms with Gasteiger partial charge in [0.15, 0.2) is 0 Å². The number of rotatable bonds is 5. The van der Waals surface area contributed by atoms with E-state index in [2.05, 4.69) is 4.90 Å². The van der Waals surface area contributed by atoms with Crippen LogP contribution in [0.3, 0.4) is 0 Å². The zero-order chi connectivity index (χ0) is 11.9. The number of likely N-dealkylation sites (tertiary alicyclic amines) is 1. The summed E-state index contributed by atoms with van der Waals surface area (Å²) in [6.45, 7) is 3.65. The number of hydrogen-bond acceptors (Lipinski definition) is 2. The molecular formula is C15H23NO. The van der Waals surface area contributed by atoms with Crippen LogP contribution < -0.4 is 0 Å². The minimum atomic E-state index is -0.291. The molecule has 2 rings (SSSR count). The van der Waals surface area contributed by atoms with E-state index >= 15 is 0 Å². The third kappa shape index (κ3) is 4.14. The molecule has 1 N–H and O–H groups in total. The van der Waals surface area contributed by atoms with Crippen molar-refractivity contribution in [3.05, 3.63) is 35.9 Å². The van der Waals surface area contributed by atoms with Crippen molar-refractivity contribution in [3.8, 4) is 0 Å². The van der Waals surface area contributed by atoms with Gasteiger partial charge in [0, 0.05) is 0 Å². The van der Waals surface area contributed by atoms with Crippen molar-refractivity contribution in [2.45, 2.75) is 38.2 Å². The van der Waals surface area contributed by atoms with Gasteiger partial charge in [-0.15, -0.1) is 0 Å². The molecule has 2 nitrogen and oxygen atoms in total. The fraction of sp³-hybridized carbons (Fsp3) is 0.600. The first-order valence-corrected chi connectivity index (χ1v) is 6.81. The lowest BCUT2D eigenvalue weighted by Gasteiger charge is -2.26. The van der Waals surface area contributed by atoms with Crippen LogP contribution in [0.4, 0.5) is 0 Å². The number of hydrogen-bond donors (Lipinski definition) is 1. The Morgan fingerprint density at radius 1 is 1.06 bits per heavy atom. The smallest absolute Gasteiger partial charge is 0.0790 e. The number of piperidine rings is 1. The predicted molar refractivity (Wildman–Crippen MR) is 70.9 cm³/mol. The summed E-state index contributed by atoms with van der Waals surface area (Å²) in [4.78, 5) is 2.53. The zero-order valence-electron chi connectivity index (χ0n) is 10.5. The summed E-state index contributed by atoms with van der Waals surface area (Å²) < 4.78 is 0. The summed E-state index contributed by atoms with van der Waals surface area (Å²) in [7, 11) is 0. The summed E-state index contributed by atoms with van der Waals surface area (Å²) in [5, 5.41) is 10.0. The highest BCUT2D eigenvalue weighted by atomic mass is 16.3. The minimum Gasteiger partial charge on any atom is -0.388 e. The molecule has 0 bridgehead atoms. The number of nitrogens with zero attached hydrogens (tertiary/aromatic N) is 1. The molecule has 1 aliphatic heterocycles. The molecule has 1 atom stereocenters. The fourth-order valence-corrected chi connectivity index (χ4v) is 2.53. The van der Waals surface area contributed by atoms with Crippen LogP contribution in [0.1, 0.15) is 43.8 Å². The van der Waals surface area contributed by atoms with Crippen LogP contribution in [0.5, 0.6) is 0 Å². The highest BCUT2D eigenvalue weighted by Gasteiger charge is 2.11. The van der Waals surface area contributed by atoms with Crippen LogP contribution in [0.15, 0.2) is 30.3 Å². The maximum Gasteiger partial charge on any atom is 0.0790 e. The topological polar surface area (TPSA) is 23.5 Å². The van der Waals surface area contributed by atoms with E-state index in [-0.39, 0.29) is 6.10 Å². The maximum atomic E-state index is 10.0. The molecule has 2 heteroatoms. The average molecular weight is 233 g/mol. The Labute approximate surface area is 104 Å². The molecule has 1 aromatic carbocycles. The molecule has 1 unspecified atom stereocenters. The van der Waals surface area contributed by atoms with Crippen molar-refractivity contribution in [1.29, 1.82) is 0 Å². The lowest BCUT2D eigenvalue weighted by atomic mass is 10.0. The molecule has 1 saturated heterocycles. The molecule has 1 fully saturated rings. The normalized spacial score (nSPS) is 19.1. The van der Waals surface area contributed by atoms with E-state index in [0.29, 0.717) is 0 Å². The summed E-state index contributed by atoms with van der Waals surface area (Å²) >= 11 is 0. The summed E-state index contributed by atoms with van der Waals surface area (Å²) in [5.41, 5.74) is 1.05. The van der Waals surface area contributed by atoms with E-state index in [1.165, 1.54) is 32.4 Å². The van der Waals surface area contributed by atoms with E-state index in [1.807, 2.05) is 30.3 Å². The molecule has 0 radical (unpaired) electrons. The first kappa shape index (κ1) is 12.6. The van der Waals surface area contributed by atoms with Crippen LogP contribution in [0.25, 0.3) is 0 Å². The van der Waals surface area contributed by atoms with Crippen molar-refractivity contribution < 1.29 is 5.11 Å². The van der Waals surface area contributed by atoms with Gasteiger partial charge in [0.2, 0.25) is 0 Å². The molecule has 17 heavy (non-hydrogen) atoms. The standard InChI is InChI=1S/C15H23NO/c17-15(14-8-3-1-4-9-14)10-7-13-16-11-5-2-6-12-16/h1,3-4,8-9,15,17H,2,5-7,10-13H2. The molecule has 1 aromatic rings. The van der Waals surface area contributed by atoms with Gasteiger partial charge in [0.25, 0.3) is 0 Å². The zero-order valence-corrected chi connectivity index (χ0v) is 10.5. The first-order valence-electron chi connectivity index (χ1n) is 6.81. The molecular weight excluding hydrogens is 210 g/mol. The maximum absolute atomic E-state index is 10.0. The average Bonchev–Trinajstić information content (AvgIpc) is 2.41. The van der Waals surface area contributed by atoms with Gasteiger partial charge in [-0.2, -0.15) is 0 Å². The number of aliphatic hydroxyl groups excluding tert-OH is 1. The van der Waals surface area contributed by atoms with E-state index in [9.17, 15) is 5.11 Å². The number of aliphatic hydroxyl groups is 1. The van der Waals surface area contributed by atoms with Gasteiger partial charge in [0.05, 0.1) is 6.10 Å². The lowest BCUT2D eigenvalue weighted by Crippen LogP contribution is -2.30. The second-order valence-electron chi connectivity index (χ2n) is 4.97. The molecule has 0 spiro atoms. The van der Waals surface area contributed by atoms with Gasteiger partial charge < -0.3 is 10.0 Å². The lowest BCUT2D eigenvalue weighted by molar-refractivity contribution is 0.151. The van der Waals surface area contributed by atoms with Crippen LogP contribution >= 0.6 is 0 Å². The highest BCUT2D eigenvalue weighted by molar-refractivity contribution is 5.16. The van der Waals surface area contributed by atoms with Crippen LogP contribution in [-0.4, -0.2) is 29.6 Å². The summed E-state index contributed by atoms with van der Waals surface area (Å²) in [6.07, 6.45) is 5.77. The predicted octanol–water partition coefficient (Wildman–Crippen LogP) is 2.99. The van der Waals surface area contributed by atoms with E-state index in [0.717, 1.165) is 24.9 Å². The quantitative estimate of drug-likeness (QED) is 0.845. The van der Waals surface area contributed by atoms with Crippen LogP contribution in [-0.2, 0) is 0 Å². The van der Waals surface area contributed by atoms with E-state index in [4.69, 9.17) is 0 Å². The molecule has 0 aliphatic carbocycles. The molecule has 94 valence electrons. The molecule has 1 aliphatic rings. The van der Waals surface area contributed by atoms with Crippen molar-refractivity contribution in [1.82, 2.24) is 4.90 Å². The van der Waals surface area contributed by atoms with E-state index in [1.54, 1.807) is 0 Å². The van der Waals surface area contributed by atoms with Gasteiger partial charge in [0.1, 0.15) is 0 Å². The summed E-state index contributed by atoms with van der Waals surface area (Å²) in [6, 6.07) is 9.98. The van der Waals surface area contributed by atoms with Crippen molar-refractivity contribution in [2.75, 3.05) is 19.6 Å². The monoisotopic (exact) mass is 233 g/mol. The van der Waals surface area contributed by atoms with Crippen molar-refractivity contribution in [3.63, 3.8) is 0 Å². The summed E-state index contributed by atoms with van der Waals surface area (Å²) in [5.74, 6) is 0. The third-order valence-electron chi connectivity index (χ3n) is 3.58. The second-order valence-corrected chi connectivity index (χ2v) is 4.97. The molecule has 0 saturated carbocycles. The van der Waals surface area contributed by atoms with Crippen LogP contribution in [0, 0.1) is 0 Å².